The van der Waals surface area contributed by atoms with E-state index in [2.05, 4.69) is 5.32 Å². The molecule has 1 heterocycles. The van der Waals surface area contributed by atoms with Gasteiger partial charge in [0.15, 0.2) is 0 Å². The largest absolute Gasteiger partial charge is 0.352 e. The first-order chi connectivity index (χ1) is 17.0. The zero-order valence-corrected chi connectivity index (χ0v) is 20.1. The second kappa shape index (κ2) is 9.90. The van der Waals surface area contributed by atoms with Crippen LogP contribution in [0.25, 0.3) is 10.8 Å². The van der Waals surface area contributed by atoms with Gasteiger partial charge in [0.25, 0.3) is 5.91 Å². The van der Waals surface area contributed by atoms with Gasteiger partial charge in [-0.3, -0.25) is 19.3 Å². The van der Waals surface area contributed by atoms with Crippen LogP contribution in [0.4, 0.5) is 5.69 Å². The van der Waals surface area contributed by atoms with Crippen molar-refractivity contribution in [2.45, 2.75) is 51.1 Å². The molecular weight excluding hydrogens is 438 g/mol. The van der Waals surface area contributed by atoms with Crippen LogP contribution in [0.2, 0.25) is 0 Å². The van der Waals surface area contributed by atoms with Crippen LogP contribution in [0.3, 0.4) is 0 Å². The van der Waals surface area contributed by atoms with Crippen LogP contribution in [0.1, 0.15) is 48.5 Å². The van der Waals surface area contributed by atoms with Crippen LogP contribution in [0.5, 0.6) is 0 Å². The summed E-state index contributed by atoms with van der Waals surface area (Å²) in [6.45, 7) is 2.10. The van der Waals surface area contributed by atoms with Gasteiger partial charge in [0.2, 0.25) is 11.8 Å². The van der Waals surface area contributed by atoms with E-state index in [0.717, 1.165) is 47.7 Å². The summed E-state index contributed by atoms with van der Waals surface area (Å²) >= 11 is 0. The van der Waals surface area contributed by atoms with Gasteiger partial charge >= 0.3 is 0 Å². The predicted molar refractivity (Wildman–Crippen MR) is 137 cm³/mol. The highest BCUT2D eigenvalue weighted by atomic mass is 16.2. The van der Waals surface area contributed by atoms with Gasteiger partial charge in [-0.05, 0) is 49.3 Å². The molecule has 3 aromatic carbocycles. The molecule has 1 N–H and O–H groups in total. The van der Waals surface area contributed by atoms with E-state index < -0.39 is 6.04 Å². The number of carbonyl (C=O) groups excluding carboxylic acids is 3. The van der Waals surface area contributed by atoms with E-state index in [4.69, 9.17) is 0 Å². The van der Waals surface area contributed by atoms with E-state index >= 15 is 0 Å². The van der Waals surface area contributed by atoms with Crippen LogP contribution >= 0.6 is 0 Å². The molecule has 180 valence electrons. The maximum absolute atomic E-state index is 13.7. The molecule has 1 fully saturated rings. The molecular formula is C29H31N3O3. The van der Waals surface area contributed by atoms with Gasteiger partial charge in [-0.2, -0.15) is 0 Å². The highest BCUT2D eigenvalue weighted by molar-refractivity contribution is 6.26. The van der Waals surface area contributed by atoms with Gasteiger partial charge in [0.05, 0.1) is 5.69 Å². The van der Waals surface area contributed by atoms with Gasteiger partial charge in [0, 0.05) is 23.5 Å². The number of benzene rings is 3. The number of carbonyl (C=O) groups is 3. The molecule has 2 aliphatic rings. The minimum absolute atomic E-state index is 0.0948. The van der Waals surface area contributed by atoms with Crippen molar-refractivity contribution < 1.29 is 14.4 Å². The topological polar surface area (TPSA) is 69.7 Å². The lowest BCUT2D eigenvalue weighted by molar-refractivity contribution is -0.139. The first-order valence-electron chi connectivity index (χ1n) is 12.5. The van der Waals surface area contributed by atoms with E-state index in [1.807, 2.05) is 66.7 Å². The lowest BCUT2D eigenvalue weighted by Crippen LogP contribution is -2.53. The van der Waals surface area contributed by atoms with E-state index in [1.54, 1.807) is 16.7 Å². The number of amides is 3. The minimum atomic E-state index is -0.623. The highest BCUT2D eigenvalue weighted by Gasteiger charge is 2.34. The van der Waals surface area contributed by atoms with Crippen molar-refractivity contribution >= 4 is 34.2 Å². The molecule has 1 aliphatic heterocycles. The maximum atomic E-state index is 13.7. The Labute approximate surface area is 205 Å². The summed E-state index contributed by atoms with van der Waals surface area (Å²) in [6.07, 6.45) is 4.86. The van der Waals surface area contributed by atoms with Crippen molar-refractivity contribution in [3.8, 4) is 0 Å². The second-order valence-electron chi connectivity index (χ2n) is 9.56. The fourth-order valence-corrected chi connectivity index (χ4v) is 5.32. The van der Waals surface area contributed by atoms with Crippen LogP contribution in [-0.4, -0.2) is 47.8 Å². The SMILES string of the molecule is C[C@H](C(=O)NC1CCCC1)N(CCc1ccccc1)C(=O)CN1C(=O)c2cccc3cccc1c23. The lowest BCUT2D eigenvalue weighted by Gasteiger charge is -2.31. The minimum Gasteiger partial charge on any atom is -0.352 e. The van der Waals surface area contributed by atoms with Gasteiger partial charge < -0.3 is 10.2 Å². The molecule has 1 atom stereocenters. The summed E-state index contributed by atoms with van der Waals surface area (Å²) in [5, 5.41) is 5.00. The van der Waals surface area contributed by atoms with Crippen molar-refractivity contribution in [2.24, 2.45) is 0 Å². The Morgan fingerprint density at radius 2 is 1.71 bits per heavy atom. The number of rotatable bonds is 8. The molecule has 0 spiro atoms. The summed E-state index contributed by atoms with van der Waals surface area (Å²) in [5.74, 6) is -0.527. The number of hydrogen-bond donors (Lipinski definition) is 1. The Balaban J connectivity index is 1.36. The number of anilines is 1. The van der Waals surface area contributed by atoms with Gasteiger partial charge in [-0.25, -0.2) is 0 Å². The normalized spacial score (nSPS) is 16.0. The molecule has 3 amide bonds. The Morgan fingerprint density at radius 1 is 1.00 bits per heavy atom. The molecule has 3 aromatic rings. The Kier molecular flexibility index (Phi) is 6.53. The molecule has 1 aliphatic carbocycles. The van der Waals surface area contributed by atoms with Crippen LogP contribution in [-0.2, 0) is 16.0 Å². The number of nitrogens with one attached hydrogen (secondary N) is 1. The summed E-state index contributed by atoms with van der Waals surface area (Å²) in [4.78, 5) is 43.2. The third-order valence-corrected chi connectivity index (χ3v) is 7.30. The maximum Gasteiger partial charge on any atom is 0.259 e. The second-order valence-corrected chi connectivity index (χ2v) is 9.56. The van der Waals surface area contributed by atoms with Crippen LogP contribution in [0.15, 0.2) is 66.7 Å². The average Bonchev–Trinajstić information content (AvgIpc) is 3.48. The van der Waals surface area contributed by atoms with Crippen molar-refractivity contribution in [1.29, 1.82) is 0 Å². The molecule has 0 saturated heterocycles. The molecule has 6 heteroatoms. The van der Waals surface area contributed by atoms with E-state index in [0.29, 0.717) is 18.5 Å². The summed E-state index contributed by atoms with van der Waals surface area (Å²) in [7, 11) is 0. The first kappa shape index (κ1) is 23.1. The molecule has 1 saturated carbocycles. The van der Waals surface area contributed by atoms with Crippen molar-refractivity contribution in [1.82, 2.24) is 10.2 Å². The Morgan fingerprint density at radius 3 is 2.46 bits per heavy atom. The highest BCUT2D eigenvalue weighted by Crippen LogP contribution is 2.37. The summed E-state index contributed by atoms with van der Waals surface area (Å²) in [6, 6.07) is 20.9. The summed E-state index contributed by atoms with van der Waals surface area (Å²) in [5.41, 5.74) is 2.47. The fraction of sp³-hybridized carbons (Fsp3) is 0.345. The molecule has 5 rings (SSSR count). The lowest BCUT2D eigenvalue weighted by atomic mass is 10.1. The van der Waals surface area contributed by atoms with Crippen LogP contribution < -0.4 is 10.2 Å². The zero-order chi connectivity index (χ0) is 24.4. The number of hydrogen-bond acceptors (Lipinski definition) is 3. The molecule has 0 aromatic heterocycles. The van der Waals surface area contributed by atoms with Crippen molar-refractivity contribution in [2.75, 3.05) is 18.0 Å². The van der Waals surface area contributed by atoms with Crippen molar-refractivity contribution in [3.05, 3.63) is 77.9 Å². The molecule has 0 unspecified atom stereocenters. The third kappa shape index (κ3) is 4.65. The quantitative estimate of drug-likeness (QED) is 0.534. The van der Waals surface area contributed by atoms with Gasteiger partial charge in [0.1, 0.15) is 12.6 Å². The molecule has 35 heavy (non-hydrogen) atoms. The van der Waals surface area contributed by atoms with E-state index in [1.165, 1.54) is 0 Å². The third-order valence-electron chi connectivity index (χ3n) is 7.30. The molecule has 0 bridgehead atoms. The van der Waals surface area contributed by atoms with Crippen LogP contribution in [0, 0.1) is 0 Å². The molecule has 6 nitrogen and oxygen atoms in total. The van der Waals surface area contributed by atoms with E-state index in [9.17, 15) is 14.4 Å². The first-order valence-corrected chi connectivity index (χ1v) is 12.5. The van der Waals surface area contributed by atoms with E-state index in [-0.39, 0.29) is 30.3 Å². The van der Waals surface area contributed by atoms with Gasteiger partial charge in [-0.15, -0.1) is 0 Å². The predicted octanol–water partition coefficient (Wildman–Crippen LogP) is 4.32. The fourth-order valence-electron chi connectivity index (χ4n) is 5.32. The Hall–Kier alpha value is -3.67. The Bertz CT molecular complexity index is 1250. The number of nitrogens with zero attached hydrogens (tertiary/aromatic N) is 2. The monoisotopic (exact) mass is 469 g/mol. The summed E-state index contributed by atoms with van der Waals surface area (Å²) < 4.78 is 0. The smallest absolute Gasteiger partial charge is 0.259 e. The van der Waals surface area contributed by atoms with Crippen molar-refractivity contribution in [3.63, 3.8) is 0 Å². The average molecular weight is 470 g/mol. The zero-order valence-electron chi connectivity index (χ0n) is 20.1. The standard InChI is InChI=1S/C29H31N3O3/c1-20(28(34)30-23-13-5-6-14-23)31(18-17-21-9-3-2-4-10-21)26(33)19-32-25-16-8-12-22-11-7-15-24(27(22)25)29(32)35/h2-4,7-12,15-16,20,23H,5-6,13-14,17-19H2,1H3,(H,30,34)/t20-/m1/s1. The molecule has 0 radical (unpaired) electrons. The van der Waals surface area contributed by atoms with Gasteiger partial charge in [-0.1, -0.05) is 67.4 Å².